The van der Waals surface area contributed by atoms with Crippen molar-refractivity contribution in [3.05, 3.63) is 42.5 Å². The van der Waals surface area contributed by atoms with Crippen molar-refractivity contribution in [3.8, 4) is 11.4 Å². The van der Waals surface area contributed by atoms with E-state index in [1.54, 1.807) is 0 Å². The number of rotatable bonds is 7. The van der Waals surface area contributed by atoms with Crippen LogP contribution in [0.1, 0.15) is 19.3 Å². The van der Waals surface area contributed by atoms with Gasteiger partial charge in [0, 0.05) is 30.6 Å². The van der Waals surface area contributed by atoms with Crippen molar-refractivity contribution < 1.29 is 9.90 Å². The fraction of sp³-hybridized carbons (Fsp3) is 0.412. The molecular formula is C17H21N5O2. The van der Waals surface area contributed by atoms with Crippen LogP contribution in [0.15, 0.2) is 42.5 Å². The normalized spacial score (nSPS) is 19.5. The molecule has 126 valence electrons. The van der Waals surface area contributed by atoms with Gasteiger partial charge in [0.05, 0.1) is 6.54 Å². The Bertz CT molecular complexity index is 698. The van der Waals surface area contributed by atoms with Gasteiger partial charge in [0.1, 0.15) is 0 Å². The van der Waals surface area contributed by atoms with E-state index in [1.165, 1.54) is 4.80 Å². The Morgan fingerprint density at radius 1 is 1.29 bits per heavy atom. The third-order valence-corrected chi connectivity index (χ3v) is 4.00. The highest BCUT2D eigenvalue weighted by molar-refractivity contribution is 5.76. The number of aliphatic hydroxyl groups excluding tert-OH is 1. The molecule has 7 nitrogen and oxygen atoms in total. The van der Waals surface area contributed by atoms with Crippen LogP contribution < -0.4 is 5.32 Å². The summed E-state index contributed by atoms with van der Waals surface area (Å²) in [7, 11) is 0. The largest absolute Gasteiger partial charge is 0.396 e. The van der Waals surface area contributed by atoms with Crippen molar-refractivity contribution in [3.63, 3.8) is 0 Å². The number of carbonyl (C=O) groups excluding carboxylic acids is 1. The Morgan fingerprint density at radius 3 is 2.88 bits per heavy atom. The summed E-state index contributed by atoms with van der Waals surface area (Å²) in [6.45, 7) is 0.678. The third kappa shape index (κ3) is 4.26. The van der Waals surface area contributed by atoms with E-state index in [2.05, 4.69) is 20.7 Å². The van der Waals surface area contributed by atoms with Crippen LogP contribution >= 0.6 is 0 Å². The Labute approximate surface area is 140 Å². The van der Waals surface area contributed by atoms with Crippen molar-refractivity contribution >= 4 is 5.91 Å². The molecule has 0 bridgehead atoms. The van der Waals surface area contributed by atoms with Gasteiger partial charge in [0.25, 0.3) is 0 Å². The van der Waals surface area contributed by atoms with Crippen LogP contribution in [-0.2, 0) is 11.3 Å². The van der Waals surface area contributed by atoms with Crippen LogP contribution in [0.25, 0.3) is 11.4 Å². The number of nitrogens with zero attached hydrogens (tertiary/aromatic N) is 4. The molecule has 0 saturated carbocycles. The molecular weight excluding hydrogens is 306 g/mol. The molecule has 0 aliphatic heterocycles. The Morgan fingerprint density at radius 2 is 2.12 bits per heavy atom. The maximum atomic E-state index is 11.9. The molecule has 3 rings (SSSR count). The van der Waals surface area contributed by atoms with Gasteiger partial charge in [-0.15, -0.1) is 10.2 Å². The highest BCUT2D eigenvalue weighted by atomic mass is 16.3. The van der Waals surface area contributed by atoms with Crippen LogP contribution in [0, 0.1) is 5.92 Å². The number of amides is 1. The summed E-state index contributed by atoms with van der Waals surface area (Å²) >= 11 is 0. The molecule has 2 atom stereocenters. The lowest BCUT2D eigenvalue weighted by atomic mass is 10.1. The number of aromatic nitrogens is 4. The first kappa shape index (κ1) is 16.3. The van der Waals surface area contributed by atoms with Gasteiger partial charge < -0.3 is 10.4 Å². The van der Waals surface area contributed by atoms with Crippen LogP contribution in [0.3, 0.4) is 0 Å². The van der Waals surface area contributed by atoms with Crippen LogP contribution in [0.2, 0.25) is 0 Å². The lowest BCUT2D eigenvalue weighted by Gasteiger charge is -2.12. The summed E-state index contributed by atoms with van der Waals surface area (Å²) < 4.78 is 0. The molecule has 0 radical (unpaired) electrons. The molecule has 1 aromatic heterocycles. The maximum absolute atomic E-state index is 11.9. The zero-order valence-corrected chi connectivity index (χ0v) is 13.4. The molecule has 1 aliphatic rings. The highest BCUT2D eigenvalue weighted by Gasteiger charge is 2.19. The average molecular weight is 327 g/mol. The zero-order chi connectivity index (χ0) is 16.8. The quantitative estimate of drug-likeness (QED) is 0.745. The Kier molecular flexibility index (Phi) is 5.32. The highest BCUT2D eigenvalue weighted by Crippen LogP contribution is 2.17. The number of aryl methyl sites for hydroxylation is 1. The number of nitrogens with one attached hydrogen (secondary N) is 1. The summed E-state index contributed by atoms with van der Waals surface area (Å²) in [6, 6.07) is 9.70. The van der Waals surface area contributed by atoms with E-state index in [9.17, 15) is 4.79 Å². The lowest BCUT2D eigenvalue weighted by molar-refractivity contribution is -0.121. The van der Waals surface area contributed by atoms with E-state index in [4.69, 9.17) is 5.11 Å². The lowest BCUT2D eigenvalue weighted by Crippen LogP contribution is -2.32. The second-order valence-corrected chi connectivity index (χ2v) is 5.92. The molecule has 7 heteroatoms. The van der Waals surface area contributed by atoms with Gasteiger partial charge in [-0.3, -0.25) is 4.79 Å². The summed E-state index contributed by atoms with van der Waals surface area (Å²) in [5, 5.41) is 24.4. The van der Waals surface area contributed by atoms with Crippen molar-refractivity contribution in [2.24, 2.45) is 5.92 Å². The minimum atomic E-state index is 0.00615. The van der Waals surface area contributed by atoms with Gasteiger partial charge in [-0.25, -0.2) is 0 Å². The van der Waals surface area contributed by atoms with Gasteiger partial charge in [-0.1, -0.05) is 42.5 Å². The number of carbonyl (C=O) groups is 1. The van der Waals surface area contributed by atoms with Gasteiger partial charge in [0.15, 0.2) is 0 Å². The molecule has 0 fully saturated rings. The molecule has 1 amide bonds. The monoisotopic (exact) mass is 327 g/mol. The molecule has 0 saturated heterocycles. The SMILES string of the molecule is O=C(CCCn1nnc(-c2ccccc2)n1)N[C@@H]1C=C[C@H](CO)C1. The predicted octanol–water partition coefficient (Wildman–Crippen LogP) is 1.17. The summed E-state index contributed by atoms with van der Waals surface area (Å²) in [5.41, 5.74) is 0.924. The summed E-state index contributed by atoms with van der Waals surface area (Å²) in [4.78, 5) is 13.5. The minimum Gasteiger partial charge on any atom is -0.396 e. The first-order valence-electron chi connectivity index (χ1n) is 8.16. The summed E-state index contributed by atoms with van der Waals surface area (Å²) in [5.74, 6) is 0.754. The van der Waals surface area contributed by atoms with Gasteiger partial charge in [-0.05, 0) is 18.1 Å². The molecule has 1 heterocycles. The van der Waals surface area contributed by atoms with Gasteiger partial charge in [0.2, 0.25) is 11.7 Å². The second-order valence-electron chi connectivity index (χ2n) is 5.92. The van der Waals surface area contributed by atoms with Crippen molar-refractivity contribution in [1.29, 1.82) is 0 Å². The van der Waals surface area contributed by atoms with Gasteiger partial charge >= 0.3 is 0 Å². The average Bonchev–Trinajstić information content (AvgIpc) is 3.25. The van der Waals surface area contributed by atoms with E-state index in [0.29, 0.717) is 25.2 Å². The number of aliphatic hydroxyl groups is 1. The van der Waals surface area contributed by atoms with Crippen molar-refractivity contribution in [2.45, 2.75) is 31.8 Å². The van der Waals surface area contributed by atoms with E-state index < -0.39 is 0 Å². The van der Waals surface area contributed by atoms with E-state index in [-0.39, 0.29) is 24.5 Å². The predicted molar refractivity (Wildman–Crippen MR) is 88.8 cm³/mol. The first-order valence-corrected chi connectivity index (χ1v) is 8.16. The van der Waals surface area contributed by atoms with Crippen LogP contribution in [0.4, 0.5) is 0 Å². The topological polar surface area (TPSA) is 92.9 Å². The number of benzene rings is 1. The Hall–Kier alpha value is -2.54. The first-order chi connectivity index (χ1) is 11.7. The molecule has 0 unspecified atom stereocenters. The van der Waals surface area contributed by atoms with E-state index >= 15 is 0 Å². The zero-order valence-electron chi connectivity index (χ0n) is 13.4. The fourth-order valence-corrected chi connectivity index (χ4v) is 2.72. The number of hydrogen-bond donors (Lipinski definition) is 2. The Balaban J connectivity index is 1.41. The number of tetrazole rings is 1. The molecule has 1 aromatic carbocycles. The van der Waals surface area contributed by atoms with Gasteiger partial charge in [-0.2, -0.15) is 4.80 Å². The smallest absolute Gasteiger partial charge is 0.220 e. The summed E-state index contributed by atoms with van der Waals surface area (Å²) in [6.07, 6.45) is 5.74. The molecule has 0 spiro atoms. The van der Waals surface area contributed by atoms with Crippen LogP contribution in [-0.4, -0.2) is 43.9 Å². The second kappa shape index (κ2) is 7.83. The minimum absolute atomic E-state index is 0.00615. The van der Waals surface area contributed by atoms with Crippen LogP contribution in [0.5, 0.6) is 0 Å². The fourth-order valence-electron chi connectivity index (χ4n) is 2.72. The third-order valence-electron chi connectivity index (χ3n) is 4.00. The molecule has 2 aromatic rings. The van der Waals surface area contributed by atoms with Crippen molar-refractivity contribution in [1.82, 2.24) is 25.5 Å². The van der Waals surface area contributed by atoms with Crippen molar-refractivity contribution in [2.75, 3.05) is 6.61 Å². The van der Waals surface area contributed by atoms with E-state index in [0.717, 1.165) is 12.0 Å². The van der Waals surface area contributed by atoms with E-state index in [1.807, 2.05) is 42.5 Å². The molecule has 1 aliphatic carbocycles. The number of hydrogen-bond acceptors (Lipinski definition) is 5. The molecule has 24 heavy (non-hydrogen) atoms. The molecule has 2 N–H and O–H groups in total. The standard InChI is InChI=1S/C17H21N5O2/c23-12-13-8-9-15(11-13)18-16(24)7-4-10-22-20-17(19-21-22)14-5-2-1-3-6-14/h1-3,5-6,8-9,13,15,23H,4,7,10-12H2,(H,18,24)/t13-,15+/m0/s1. The maximum Gasteiger partial charge on any atom is 0.220 e.